The zero-order chi connectivity index (χ0) is 13.7. The summed E-state index contributed by atoms with van der Waals surface area (Å²) in [6.45, 7) is 8.35. The predicted octanol–water partition coefficient (Wildman–Crippen LogP) is 4.32. The number of thiazole rings is 1. The molecule has 0 N–H and O–H groups in total. The SMILES string of the molecule is Cc1cc(C)n(-c2nc3c(C)cc(I)c(C)c3s2)n1. The quantitative estimate of drug-likeness (QED) is 0.586. The highest BCUT2D eigenvalue weighted by atomic mass is 127. The average Bonchev–Trinajstić information content (AvgIpc) is 2.90. The number of aryl methyl sites for hydroxylation is 4. The van der Waals surface area contributed by atoms with Crippen molar-refractivity contribution >= 4 is 44.1 Å². The van der Waals surface area contributed by atoms with Gasteiger partial charge in [-0.2, -0.15) is 5.10 Å². The molecule has 3 aromatic rings. The molecule has 2 heterocycles. The van der Waals surface area contributed by atoms with Crippen LogP contribution in [0.1, 0.15) is 22.5 Å². The van der Waals surface area contributed by atoms with Gasteiger partial charge in [-0.15, -0.1) is 0 Å². The van der Waals surface area contributed by atoms with Crippen LogP contribution >= 0.6 is 33.9 Å². The molecule has 0 amide bonds. The second kappa shape index (κ2) is 4.56. The third kappa shape index (κ3) is 2.08. The Bertz CT molecular complexity index is 786. The molecule has 5 heteroatoms. The lowest BCUT2D eigenvalue weighted by Crippen LogP contribution is -1.97. The Hall–Kier alpha value is -0.950. The van der Waals surface area contributed by atoms with Gasteiger partial charge in [0.2, 0.25) is 5.13 Å². The fourth-order valence-electron chi connectivity index (χ4n) is 2.22. The van der Waals surface area contributed by atoms with E-state index in [1.54, 1.807) is 11.3 Å². The van der Waals surface area contributed by atoms with Crippen LogP contribution in [0, 0.1) is 31.3 Å². The molecule has 0 radical (unpaired) electrons. The van der Waals surface area contributed by atoms with Crippen molar-refractivity contribution in [2.24, 2.45) is 0 Å². The third-order valence-corrected chi connectivity index (χ3v) is 5.49. The van der Waals surface area contributed by atoms with Gasteiger partial charge in [0.1, 0.15) is 0 Å². The first-order valence-electron chi connectivity index (χ1n) is 6.07. The molecular formula is C14H14IN3S. The van der Waals surface area contributed by atoms with E-state index in [2.05, 4.69) is 60.6 Å². The van der Waals surface area contributed by atoms with Gasteiger partial charge in [-0.1, -0.05) is 11.3 Å². The molecule has 0 spiro atoms. The summed E-state index contributed by atoms with van der Waals surface area (Å²) < 4.78 is 4.50. The van der Waals surface area contributed by atoms with Crippen LogP contribution in [-0.2, 0) is 0 Å². The molecule has 0 saturated carbocycles. The minimum atomic E-state index is 0.953. The van der Waals surface area contributed by atoms with E-state index in [0.717, 1.165) is 22.0 Å². The first-order chi connectivity index (χ1) is 8.97. The van der Waals surface area contributed by atoms with Crippen molar-refractivity contribution in [3.63, 3.8) is 0 Å². The van der Waals surface area contributed by atoms with Crippen molar-refractivity contribution in [3.05, 3.63) is 38.2 Å². The van der Waals surface area contributed by atoms with Gasteiger partial charge in [-0.05, 0) is 73.5 Å². The Morgan fingerprint density at radius 2 is 1.89 bits per heavy atom. The average molecular weight is 383 g/mol. The second-order valence-corrected chi connectivity index (χ2v) is 6.95. The number of rotatable bonds is 1. The Labute approximate surface area is 129 Å². The second-order valence-electron chi connectivity index (χ2n) is 4.81. The van der Waals surface area contributed by atoms with Gasteiger partial charge in [0, 0.05) is 9.26 Å². The van der Waals surface area contributed by atoms with Gasteiger partial charge in [-0.25, -0.2) is 9.67 Å². The maximum Gasteiger partial charge on any atom is 0.211 e. The van der Waals surface area contributed by atoms with Crippen LogP contribution in [0.3, 0.4) is 0 Å². The summed E-state index contributed by atoms with van der Waals surface area (Å²) >= 11 is 4.11. The first kappa shape index (κ1) is 13.1. The summed E-state index contributed by atoms with van der Waals surface area (Å²) in [5.41, 5.74) is 5.80. The molecule has 1 aromatic carbocycles. The molecular weight excluding hydrogens is 369 g/mol. The first-order valence-corrected chi connectivity index (χ1v) is 7.97. The van der Waals surface area contributed by atoms with Gasteiger partial charge in [0.25, 0.3) is 0 Å². The number of fused-ring (bicyclic) bond motifs is 1. The van der Waals surface area contributed by atoms with Gasteiger partial charge >= 0.3 is 0 Å². The molecule has 0 atom stereocenters. The summed E-state index contributed by atoms with van der Waals surface area (Å²) in [4.78, 5) is 4.77. The van der Waals surface area contributed by atoms with Crippen molar-refractivity contribution in [1.29, 1.82) is 0 Å². The standard InChI is InChI=1S/C14H14IN3S/c1-7-5-11(15)10(4)13-12(7)16-14(19-13)18-9(3)6-8(2)17-18/h5-6H,1-4H3. The highest BCUT2D eigenvalue weighted by molar-refractivity contribution is 14.1. The highest BCUT2D eigenvalue weighted by Crippen LogP contribution is 2.33. The van der Waals surface area contributed by atoms with Crippen LogP contribution in [0.5, 0.6) is 0 Å². The summed E-state index contributed by atoms with van der Waals surface area (Å²) in [7, 11) is 0. The van der Waals surface area contributed by atoms with E-state index in [9.17, 15) is 0 Å². The monoisotopic (exact) mass is 383 g/mol. The van der Waals surface area contributed by atoms with Crippen LogP contribution in [0.15, 0.2) is 12.1 Å². The normalized spacial score (nSPS) is 11.4. The minimum Gasteiger partial charge on any atom is -0.218 e. The molecule has 98 valence electrons. The molecule has 3 rings (SSSR count). The number of halogens is 1. The Morgan fingerprint density at radius 3 is 2.53 bits per heavy atom. The van der Waals surface area contributed by atoms with E-state index < -0.39 is 0 Å². The number of nitrogens with zero attached hydrogens (tertiary/aromatic N) is 3. The van der Waals surface area contributed by atoms with Crippen LogP contribution in [0.2, 0.25) is 0 Å². The fourth-order valence-corrected chi connectivity index (χ4v) is 4.30. The molecule has 19 heavy (non-hydrogen) atoms. The lowest BCUT2D eigenvalue weighted by atomic mass is 10.1. The number of aromatic nitrogens is 3. The Morgan fingerprint density at radius 1 is 1.16 bits per heavy atom. The molecule has 0 bridgehead atoms. The minimum absolute atomic E-state index is 0.953. The van der Waals surface area contributed by atoms with E-state index in [0.29, 0.717) is 0 Å². The van der Waals surface area contributed by atoms with Crippen molar-refractivity contribution in [3.8, 4) is 5.13 Å². The van der Waals surface area contributed by atoms with E-state index in [1.807, 2.05) is 11.6 Å². The maximum absolute atomic E-state index is 4.77. The number of hydrogen-bond donors (Lipinski definition) is 0. The van der Waals surface area contributed by atoms with Crippen LogP contribution in [0.4, 0.5) is 0 Å². The third-order valence-electron chi connectivity index (χ3n) is 3.22. The van der Waals surface area contributed by atoms with Gasteiger partial charge in [0.15, 0.2) is 0 Å². The molecule has 0 aliphatic rings. The van der Waals surface area contributed by atoms with Crippen molar-refractivity contribution in [2.75, 3.05) is 0 Å². The topological polar surface area (TPSA) is 30.7 Å². The molecule has 0 fully saturated rings. The van der Waals surface area contributed by atoms with Crippen LogP contribution in [-0.4, -0.2) is 14.8 Å². The zero-order valence-corrected chi connectivity index (χ0v) is 14.3. The Kier molecular flexibility index (Phi) is 3.13. The van der Waals surface area contributed by atoms with Crippen molar-refractivity contribution < 1.29 is 0 Å². The van der Waals surface area contributed by atoms with E-state index in [-0.39, 0.29) is 0 Å². The lowest BCUT2D eigenvalue weighted by molar-refractivity contribution is 0.827. The number of benzene rings is 1. The van der Waals surface area contributed by atoms with E-state index in [1.165, 1.54) is 19.4 Å². The summed E-state index contributed by atoms with van der Waals surface area (Å²) in [6, 6.07) is 4.28. The highest BCUT2D eigenvalue weighted by Gasteiger charge is 2.14. The van der Waals surface area contributed by atoms with Gasteiger partial charge in [-0.3, -0.25) is 0 Å². The predicted molar refractivity (Wildman–Crippen MR) is 88.4 cm³/mol. The molecule has 3 nitrogen and oxygen atoms in total. The van der Waals surface area contributed by atoms with Gasteiger partial charge < -0.3 is 0 Å². The van der Waals surface area contributed by atoms with Crippen LogP contribution in [0.25, 0.3) is 15.3 Å². The largest absolute Gasteiger partial charge is 0.218 e. The maximum atomic E-state index is 4.77. The smallest absolute Gasteiger partial charge is 0.211 e. The molecule has 2 aromatic heterocycles. The zero-order valence-electron chi connectivity index (χ0n) is 11.3. The van der Waals surface area contributed by atoms with Gasteiger partial charge in [0.05, 0.1) is 15.9 Å². The van der Waals surface area contributed by atoms with Crippen molar-refractivity contribution in [1.82, 2.24) is 14.8 Å². The molecule has 0 unspecified atom stereocenters. The molecule has 0 aliphatic heterocycles. The summed E-state index contributed by atoms with van der Waals surface area (Å²) in [6.07, 6.45) is 0. The molecule has 0 aliphatic carbocycles. The summed E-state index contributed by atoms with van der Waals surface area (Å²) in [5, 5.41) is 5.47. The lowest BCUT2D eigenvalue weighted by Gasteiger charge is -2.01. The van der Waals surface area contributed by atoms with Crippen LogP contribution < -0.4 is 0 Å². The molecule has 0 saturated heterocycles. The van der Waals surface area contributed by atoms with E-state index >= 15 is 0 Å². The number of hydrogen-bond acceptors (Lipinski definition) is 3. The summed E-state index contributed by atoms with van der Waals surface area (Å²) in [5.74, 6) is 0. The fraction of sp³-hybridized carbons (Fsp3) is 0.286. The van der Waals surface area contributed by atoms with Crippen molar-refractivity contribution in [2.45, 2.75) is 27.7 Å². The van der Waals surface area contributed by atoms with E-state index in [4.69, 9.17) is 4.98 Å². The Balaban J connectivity index is 2.30.